The van der Waals surface area contributed by atoms with Crippen molar-refractivity contribution >= 4 is 5.84 Å². The summed E-state index contributed by atoms with van der Waals surface area (Å²) in [6.45, 7) is 1.17. The fourth-order valence-electron chi connectivity index (χ4n) is 2.95. The molecule has 6 heteroatoms. The molecule has 1 aromatic carbocycles. The number of nitrogens with two attached hydrogens (primary N) is 1. The average molecular weight is 295 g/mol. The van der Waals surface area contributed by atoms with E-state index >= 15 is 0 Å². The van der Waals surface area contributed by atoms with Crippen molar-refractivity contribution < 1.29 is 14.7 Å². The number of nitrogens with zero attached hydrogens (tertiary/aromatic N) is 1. The molecule has 0 atom stereocenters. The molecule has 5 N–H and O–H groups in total. The Morgan fingerprint density at radius 1 is 1.38 bits per heavy atom. The Balaban J connectivity index is 2.00. The van der Waals surface area contributed by atoms with E-state index in [1.54, 1.807) is 12.1 Å². The van der Waals surface area contributed by atoms with Crippen molar-refractivity contribution in [3.8, 4) is 0 Å². The van der Waals surface area contributed by atoms with Crippen LogP contribution in [0, 0.1) is 11.2 Å². The maximum Gasteiger partial charge on any atom is 0.173 e. The highest BCUT2D eigenvalue weighted by Crippen LogP contribution is 2.36. The van der Waals surface area contributed by atoms with Crippen molar-refractivity contribution in [2.75, 3.05) is 13.2 Å². The number of nitrogens with one attached hydrogen (secondary N) is 1. The van der Waals surface area contributed by atoms with Gasteiger partial charge in [0.1, 0.15) is 5.82 Å². The minimum Gasteiger partial charge on any atom is -0.409 e. The molecule has 0 aromatic heterocycles. The minimum absolute atomic E-state index is 0.0698. The van der Waals surface area contributed by atoms with Crippen LogP contribution in [0.1, 0.15) is 36.8 Å². The van der Waals surface area contributed by atoms with E-state index in [0.29, 0.717) is 18.7 Å². The smallest absolute Gasteiger partial charge is 0.173 e. The van der Waals surface area contributed by atoms with Crippen LogP contribution in [0.5, 0.6) is 0 Å². The molecule has 0 heterocycles. The number of rotatable bonds is 6. The maximum absolute atomic E-state index is 14.2. The summed E-state index contributed by atoms with van der Waals surface area (Å²) in [5.74, 6) is -0.721. The fourth-order valence-corrected chi connectivity index (χ4v) is 2.95. The van der Waals surface area contributed by atoms with E-state index in [0.717, 1.165) is 25.7 Å². The second-order valence-electron chi connectivity index (χ2n) is 5.73. The zero-order chi connectivity index (χ0) is 15.3. The summed E-state index contributed by atoms with van der Waals surface area (Å²) in [5.41, 5.74) is 5.93. The molecule has 0 unspecified atom stereocenters. The SMILES string of the molecule is N/C(=N/O)c1cccc(CNCC2(CO)CCCC2)c1F. The molecule has 1 fully saturated rings. The summed E-state index contributed by atoms with van der Waals surface area (Å²) < 4.78 is 14.2. The summed E-state index contributed by atoms with van der Waals surface area (Å²) in [4.78, 5) is 0. The average Bonchev–Trinajstić information content (AvgIpc) is 2.97. The van der Waals surface area contributed by atoms with Crippen LogP contribution in [0.15, 0.2) is 23.4 Å². The quantitative estimate of drug-likeness (QED) is 0.277. The van der Waals surface area contributed by atoms with Gasteiger partial charge in [-0.25, -0.2) is 4.39 Å². The summed E-state index contributed by atoms with van der Waals surface area (Å²) in [7, 11) is 0. The Kier molecular flexibility index (Phi) is 5.14. The van der Waals surface area contributed by atoms with Gasteiger partial charge in [0.05, 0.1) is 5.56 Å². The monoisotopic (exact) mass is 295 g/mol. The van der Waals surface area contributed by atoms with E-state index in [-0.39, 0.29) is 23.4 Å². The zero-order valence-electron chi connectivity index (χ0n) is 12.0. The lowest BCUT2D eigenvalue weighted by atomic mass is 9.87. The fraction of sp³-hybridized carbons (Fsp3) is 0.533. The number of aliphatic hydroxyl groups is 1. The van der Waals surface area contributed by atoms with E-state index < -0.39 is 5.82 Å². The van der Waals surface area contributed by atoms with Crippen molar-refractivity contribution in [1.82, 2.24) is 5.32 Å². The van der Waals surface area contributed by atoms with Crippen LogP contribution in [-0.2, 0) is 6.54 Å². The number of aliphatic hydroxyl groups excluding tert-OH is 1. The Hall–Kier alpha value is -1.66. The van der Waals surface area contributed by atoms with Gasteiger partial charge in [0.2, 0.25) is 0 Å². The first-order valence-corrected chi connectivity index (χ1v) is 7.19. The number of amidine groups is 1. The van der Waals surface area contributed by atoms with Crippen LogP contribution >= 0.6 is 0 Å². The number of hydrogen-bond donors (Lipinski definition) is 4. The Morgan fingerprint density at radius 3 is 2.71 bits per heavy atom. The normalized spacial score (nSPS) is 18.1. The molecule has 1 aromatic rings. The molecule has 1 saturated carbocycles. The largest absolute Gasteiger partial charge is 0.409 e. The van der Waals surface area contributed by atoms with Gasteiger partial charge in [0, 0.05) is 30.7 Å². The van der Waals surface area contributed by atoms with Crippen molar-refractivity contribution in [3.63, 3.8) is 0 Å². The molecule has 2 rings (SSSR count). The number of hydrogen-bond acceptors (Lipinski definition) is 4. The van der Waals surface area contributed by atoms with Gasteiger partial charge in [-0.3, -0.25) is 0 Å². The lowest BCUT2D eigenvalue weighted by Gasteiger charge is -2.26. The van der Waals surface area contributed by atoms with Crippen LogP contribution in [0.25, 0.3) is 0 Å². The number of halogens is 1. The first-order chi connectivity index (χ1) is 10.1. The Bertz CT molecular complexity index is 514. The van der Waals surface area contributed by atoms with Gasteiger partial charge in [-0.1, -0.05) is 30.1 Å². The highest BCUT2D eigenvalue weighted by Gasteiger charge is 2.32. The minimum atomic E-state index is -0.482. The molecular formula is C15H22FN3O2. The topological polar surface area (TPSA) is 90.9 Å². The second kappa shape index (κ2) is 6.87. The van der Waals surface area contributed by atoms with Gasteiger partial charge in [-0.05, 0) is 18.9 Å². The lowest BCUT2D eigenvalue weighted by Crippen LogP contribution is -2.35. The predicted molar refractivity (Wildman–Crippen MR) is 78.6 cm³/mol. The molecule has 5 nitrogen and oxygen atoms in total. The van der Waals surface area contributed by atoms with Gasteiger partial charge in [-0.2, -0.15) is 0 Å². The first-order valence-electron chi connectivity index (χ1n) is 7.19. The van der Waals surface area contributed by atoms with E-state index in [2.05, 4.69) is 10.5 Å². The number of oxime groups is 1. The van der Waals surface area contributed by atoms with Gasteiger partial charge >= 0.3 is 0 Å². The molecule has 0 saturated heterocycles. The third-order valence-electron chi connectivity index (χ3n) is 4.28. The molecule has 0 amide bonds. The van der Waals surface area contributed by atoms with Gasteiger partial charge in [0.25, 0.3) is 0 Å². The zero-order valence-corrected chi connectivity index (χ0v) is 12.0. The van der Waals surface area contributed by atoms with Gasteiger partial charge < -0.3 is 21.4 Å². The maximum atomic E-state index is 14.2. The number of benzene rings is 1. The molecule has 1 aliphatic rings. The van der Waals surface area contributed by atoms with Gasteiger partial charge in [-0.15, -0.1) is 0 Å². The molecular weight excluding hydrogens is 273 g/mol. The van der Waals surface area contributed by atoms with Gasteiger partial charge in [0.15, 0.2) is 5.84 Å². The standard InChI is InChI=1S/C15H22FN3O2/c16-13-11(4-3-5-12(13)14(17)19-21)8-18-9-15(10-20)6-1-2-7-15/h3-5,18,20-21H,1-2,6-10H2,(H2,17,19). The first kappa shape index (κ1) is 15.7. The molecule has 0 aliphatic heterocycles. The molecule has 21 heavy (non-hydrogen) atoms. The third-order valence-corrected chi connectivity index (χ3v) is 4.28. The van der Waals surface area contributed by atoms with E-state index in [1.807, 2.05) is 0 Å². The highest BCUT2D eigenvalue weighted by molar-refractivity contribution is 5.97. The van der Waals surface area contributed by atoms with Crippen LogP contribution in [0.2, 0.25) is 0 Å². The summed E-state index contributed by atoms with van der Waals surface area (Å²) in [5, 5.41) is 24.2. The lowest BCUT2D eigenvalue weighted by molar-refractivity contribution is 0.128. The summed E-state index contributed by atoms with van der Waals surface area (Å²) in [6.07, 6.45) is 4.28. The summed E-state index contributed by atoms with van der Waals surface area (Å²) in [6, 6.07) is 4.81. The molecule has 1 aliphatic carbocycles. The van der Waals surface area contributed by atoms with Crippen molar-refractivity contribution in [3.05, 3.63) is 35.1 Å². The van der Waals surface area contributed by atoms with Crippen molar-refractivity contribution in [1.29, 1.82) is 0 Å². The van der Waals surface area contributed by atoms with E-state index in [9.17, 15) is 9.50 Å². The van der Waals surface area contributed by atoms with Crippen LogP contribution < -0.4 is 11.1 Å². The Morgan fingerprint density at radius 2 is 2.10 bits per heavy atom. The second-order valence-corrected chi connectivity index (χ2v) is 5.73. The Labute approximate surface area is 123 Å². The van der Waals surface area contributed by atoms with Crippen molar-refractivity contribution in [2.24, 2.45) is 16.3 Å². The predicted octanol–water partition coefficient (Wildman–Crippen LogP) is 1.56. The summed E-state index contributed by atoms with van der Waals surface area (Å²) >= 11 is 0. The molecule has 0 radical (unpaired) electrons. The van der Waals surface area contributed by atoms with Crippen molar-refractivity contribution in [2.45, 2.75) is 32.2 Å². The van der Waals surface area contributed by atoms with Crippen LogP contribution in [0.4, 0.5) is 4.39 Å². The highest BCUT2D eigenvalue weighted by atomic mass is 19.1. The van der Waals surface area contributed by atoms with E-state index in [1.165, 1.54) is 6.07 Å². The van der Waals surface area contributed by atoms with Crippen LogP contribution in [0.3, 0.4) is 0 Å². The third kappa shape index (κ3) is 3.51. The molecule has 0 bridgehead atoms. The van der Waals surface area contributed by atoms with E-state index in [4.69, 9.17) is 10.9 Å². The van der Waals surface area contributed by atoms with Crippen LogP contribution in [-0.4, -0.2) is 29.3 Å². The molecule has 0 spiro atoms. The molecule has 116 valence electrons.